The lowest BCUT2D eigenvalue weighted by Crippen LogP contribution is -2.20. The van der Waals surface area contributed by atoms with Crippen molar-refractivity contribution in [3.8, 4) is 0 Å². The minimum Gasteiger partial charge on any atom is -0.265 e. The topological polar surface area (TPSA) is 17.8 Å². The molecular weight excluding hydrogens is 220 g/mol. The van der Waals surface area contributed by atoms with Gasteiger partial charge in [-0.2, -0.15) is 5.10 Å². The van der Waals surface area contributed by atoms with Gasteiger partial charge < -0.3 is 0 Å². The highest BCUT2D eigenvalue weighted by Gasteiger charge is 2.28. The van der Waals surface area contributed by atoms with Gasteiger partial charge in [0.25, 0.3) is 0 Å². The maximum absolute atomic E-state index is 6.47. The minimum atomic E-state index is 0.0293. The molecule has 0 aliphatic rings. The summed E-state index contributed by atoms with van der Waals surface area (Å²) < 4.78 is 2.07. The molecule has 1 aromatic rings. The number of nitrogens with zero attached hydrogens (tertiary/aromatic N) is 2. The number of rotatable bonds is 2. The second kappa shape index (κ2) is 4.40. The van der Waals surface area contributed by atoms with Crippen LogP contribution in [0.1, 0.15) is 71.8 Å². The molecule has 0 N–H and O–H groups in total. The molecule has 0 spiro atoms. The molecule has 0 aromatic carbocycles. The van der Waals surface area contributed by atoms with Crippen LogP contribution in [0.5, 0.6) is 0 Å². The first-order valence-electron chi connectivity index (χ1n) is 5.94. The van der Waals surface area contributed by atoms with Gasteiger partial charge in [0.1, 0.15) is 0 Å². The Labute approximate surface area is 104 Å². The Morgan fingerprint density at radius 2 is 1.62 bits per heavy atom. The Kier molecular flexibility index (Phi) is 3.73. The number of aromatic nitrogens is 2. The first-order chi connectivity index (χ1) is 7.16. The van der Waals surface area contributed by atoms with E-state index in [0.717, 1.165) is 16.4 Å². The lowest BCUT2D eigenvalue weighted by atomic mass is 9.91. The van der Waals surface area contributed by atoms with Crippen LogP contribution in [0.4, 0.5) is 0 Å². The van der Waals surface area contributed by atoms with Crippen LogP contribution in [0.3, 0.4) is 0 Å². The van der Waals surface area contributed by atoms with E-state index in [9.17, 15) is 0 Å². The molecule has 0 fully saturated rings. The van der Waals surface area contributed by atoms with Crippen LogP contribution in [0, 0.1) is 0 Å². The molecule has 16 heavy (non-hydrogen) atoms. The second-order valence-corrected chi connectivity index (χ2v) is 6.37. The molecule has 0 amide bonds. The summed E-state index contributed by atoms with van der Waals surface area (Å²) in [6.07, 6.45) is 0. The van der Waals surface area contributed by atoms with E-state index in [1.165, 1.54) is 0 Å². The summed E-state index contributed by atoms with van der Waals surface area (Å²) in [6.45, 7) is 15.1. The molecule has 1 rings (SSSR count). The summed E-state index contributed by atoms with van der Waals surface area (Å²) >= 11 is 6.47. The minimum absolute atomic E-state index is 0.0293. The van der Waals surface area contributed by atoms with Crippen molar-refractivity contribution in [2.75, 3.05) is 0 Å². The Hall–Kier alpha value is -0.500. The van der Waals surface area contributed by atoms with E-state index in [1.54, 1.807) is 0 Å². The number of halogens is 1. The Bertz CT molecular complexity index is 370. The zero-order valence-electron chi connectivity index (χ0n) is 11.4. The zero-order valence-corrected chi connectivity index (χ0v) is 12.2. The molecule has 0 aliphatic heterocycles. The SMILES string of the molecule is CC(C)c1nn(C(C)C)c(C(C)(C)C)c1Cl. The van der Waals surface area contributed by atoms with E-state index >= 15 is 0 Å². The van der Waals surface area contributed by atoms with E-state index in [0.29, 0.717) is 12.0 Å². The van der Waals surface area contributed by atoms with Crippen LogP contribution in [0.25, 0.3) is 0 Å². The largest absolute Gasteiger partial charge is 0.265 e. The molecule has 1 aromatic heterocycles. The van der Waals surface area contributed by atoms with Crippen LogP contribution in [0.15, 0.2) is 0 Å². The molecule has 1 heterocycles. The van der Waals surface area contributed by atoms with Gasteiger partial charge in [0.05, 0.1) is 16.4 Å². The van der Waals surface area contributed by atoms with Crippen LogP contribution >= 0.6 is 11.6 Å². The van der Waals surface area contributed by atoms with Gasteiger partial charge in [-0.05, 0) is 19.8 Å². The highest BCUT2D eigenvalue weighted by atomic mass is 35.5. The van der Waals surface area contributed by atoms with Gasteiger partial charge in [0.15, 0.2) is 0 Å². The second-order valence-electron chi connectivity index (χ2n) is 5.99. The van der Waals surface area contributed by atoms with Gasteiger partial charge in [-0.3, -0.25) is 4.68 Å². The fourth-order valence-electron chi connectivity index (χ4n) is 1.85. The van der Waals surface area contributed by atoms with Gasteiger partial charge in [-0.1, -0.05) is 46.2 Å². The average molecular weight is 243 g/mol. The van der Waals surface area contributed by atoms with Gasteiger partial charge in [-0.15, -0.1) is 0 Å². The molecule has 2 nitrogen and oxygen atoms in total. The zero-order chi connectivity index (χ0) is 12.7. The van der Waals surface area contributed by atoms with E-state index in [-0.39, 0.29) is 5.41 Å². The lowest BCUT2D eigenvalue weighted by molar-refractivity contribution is 0.443. The molecule has 0 aliphatic carbocycles. The molecule has 3 heteroatoms. The summed E-state index contributed by atoms with van der Waals surface area (Å²) in [4.78, 5) is 0. The van der Waals surface area contributed by atoms with E-state index in [4.69, 9.17) is 11.6 Å². The molecule has 0 saturated heterocycles. The molecule has 0 atom stereocenters. The van der Waals surface area contributed by atoms with Gasteiger partial charge in [0, 0.05) is 11.5 Å². The lowest BCUT2D eigenvalue weighted by Gasteiger charge is -2.22. The van der Waals surface area contributed by atoms with Crippen molar-refractivity contribution >= 4 is 11.6 Å². The van der Waals surface area contributed by atoms with Crippen molar-refractivity contribution in [2.45, 2.75) is 65.8 Å². The summed E-state index contributed by atoms with van der Waals surface area (Å²) in [5, 5.41) is 5.50. The standard InChI is InChI=1S/C13H23ClN2/c1-8(2)11-10(14)12(13(5,6)7)16(15-11)9(3)4/h8-9H,1-7H3. The van der Waals surface area contributed by atoms with Crippen LogP contribution < -0.4 is 0 Å². The van der Waals surface area contributed by atoms with Gasteiger partial charge >= 0.3 is 0 Å². The quantitative estimate of drug-likeness (QED) is 0.745. The monoisotopic (exact) mass is 242 g/mol. The van der Waals surface area contributed by atoms with Crippen LogP contribution in [0.2, 0.25) is 5.02 Å². The smallest absolute Gasteiger partial charge is 0.0858 e. The maximum atomic E-state index is 6.47. The highest BCUT2D eigenvalue weighted by Crippen LogP contribution is 2.36. The van der Waals surface area contributed by atoms with Gasteiger partial charge in [-0.25, -0.2) is 0 Å². The fraction of sp³-hybridized carbons (Fsp3) is 0.769. The highest BCUT2D eigenvalue weighted by molar-refractivity contribution is 6.32. The molecular formula is C13H23ClN2. The summed E-state index contributed by atoms with van der Waals surface area (Å²) in [6, 6.07) is 0.347. The third-order valence-electron chi connectivity index (χ3n) is 2.62. The average Bonchev–Trinajstić information content (AvgIpc) is 2.41. The van der Waals surface area contributed by atoms with E-state index in [1.807, 2.05) is 0 Å². The summed E-state index contributed by atoms with van der Waals surface area (Å²) in [5.74, 6) is 0.369. The van der Waals surface area contributed by atoms with Crippen molar-refractivity contribution in [1.29, 1.82) is 0 Å². The normalized spacial score (nSPS) is 12.9. The predicted molar refractivity (Wildman–Crippen MR) is 70.4 cm³/mol. The molecule has 92 valence electrons. The summed E-state index contributed by atoms with van der Waals surface area (Å²) in [7, 11) is 0. The Morgan fingerprint density at radius 1 is 1.12 bits per heavy atom. The Balaban J connectivity index is 3.44. The number of hydrogen-bond acceptors (Lipinski definition) is 1. The third kappa shape index (κ3) is 2.42. The summed E-state index contributed by atoms with van der Waals surface area (Å²) in [5.41, 5.74) is 2.19. The van der Waals surface area contributed by atoms with Crippen LogP contribution in [-0.4, -0.2) is 9.78 Å². The van der Waals surface area contributed by atoms with Crippen LogP contribution in [-0.2, 0) is 5.41 Å². The Morgan fingerprint density at radius 3 is 1.88 bits per heavy atom. The van der Waals surface area contributed by atoms with Crippen molar-refractivity contribution in [1.82, 2.24) is 9.78 Å². The molecule has 0 bridgehead atoms. The fourth-order valence-corrected chi connectivity index (χ4v) is 2.47. The van der Waals surface area contributed by atoms with E-state index < -0.39 is 0 Å². The van der Waals surface area contributed by atoms with Crippen molar-refractivity contribution in [3.05, 3.63) is 16.4 Å². The first kappa shape index (κ1) is 13.6. The maximum Gasteiger partial charge on any atom is 0.0858 e. The van der Waals surface area contributed by atoms with Crippen molar-refractivity contribution in [3.63, 3.8) is 0 Å². The first-order valence-corrected chi connectivity index (χ1v) is 6.32. The molecule has 0 saturated carbocycles. The molecule has 0 radical (unpaired) electrons. The number of hydrogen-bond donors (Lipinski definition) is 0. The molecule has 0 unspecified atom stereocenters. The van der Waals surface area contributed by atoms with Gasteiger partial charge in [0.2, 0.25) is 0 Å². The van der Waals surface area contributed by atoms with Crippen molar-refractivity contribution < 1.29 is 0 Å². The predicted octanol–water partition coefficient (Wildman–Crippen LogP) is 4.54. The third-order valence-corrected chi connectivity index (χ3v) is 3.00. The van der Waals surface area contributed by atoms with E-state index in [2.05, 4.69) is 58.2 Å². The van der Waals surface area contributed by atoms with Crippen molar-refractivity contribution in [2.24, 2.45) is 0 Å².